The molecule has 0 atom stereocenters. The summed E-state index contributed by atoms with van der Waals surface area (Å²) < 4.78 is 5.39. The van der Waals surface area contributed by atoms with Crippen molar-refractivity contribution in [3.63, 3.8) is 0 Å². The summed E-state index contributed by atoms with van der Waals surface area (Å²) in [6, 6.07) is 0. The lowest BCUT2D eigenvalue weighted by Crippen LogP contribution is -2.45. The van der Waals surface area contributed by atoms with E-state index in [4.69, 9.17) is 4.74 Å². The summed E-state index contributed by atoms with van der Waals surface area (Å²) in [5.74, 6) is 0.163. The van der Waals surface area contributed by atoms with E-state index in [2.05, 4.69) is 10.2 Å². The van der Waals surface area contributed by atoms with Crippen molar-refractivity contribution in [2.75, 3.05) is 39.3 Å². The van der Waals surface area contributed by atoms with Crippen LogP contribution < -0.4 is 5.32 Å². The summed E-state index contributed by atoms with van der Waals surface area (Å²) in [7, 11) is 0. The Morgan fingerprint density at radius 1 is 1.04 bits per heavy atom. The van der Waals surface area contributed by atoms with E-state index >= 15 is 0 Å². The molecule has 0 aromatic rings. The third-order valence-corrected chi connectivity index (χ3v) is 4.92. The highest BCUT2D eigenvalue weighted by Crippen LogP contribution is 2.20. The zero-order valence-corrected chi connectivity index (χ0v) is 16.2. The van der Waals surface area contributed by atoms with Gasteiger partial charge in [-0.25, -0.2) is 4.79 Å². The lowest BCUT2D eigenvalue weighted by Gasteiger charge is -2.33. The van der Waals surface area contributed by atoms with Gasteiger partial charge in [0.25, 0.3) is 0 Å². The predicted octanol–water partition coefficient (Wildman–Crippen LogP) is 2.63. The molecule has 0 spiro atoms. The third-order valence-electron chi connectivity index (χ3n) is 4.92. The molecule has 2 heterocycles. The van der Waals surface area contributed by atoms with Gasteiger partial charge in [-0.3, -0.25) is 4.79 Å². The largest absolute Gasteiger partial charge is 0.444 e. The Bertz CT molecular complexity index is 434. The Morgan fingerprint density at radius 2 is 1.68 bits per heavy atom. The van der Waals surface area contributed by atoms with Crippen LogP contribution in [0.25, 0.3) is 0 Å². The van der Waals surface area contributed by atoms with Crippen LogP contribution in [0.2, 0.25) is 0 Å². The minimum absolute atomic E-state index is 0.0219. The van der Waals surface area contributed by atoms with Crippen molar-refractivity contribution >= 4 is 12.0 Å². The van der Waals surface area contributed by atoms with Crippen molar-refractivity contribution in [3.8, 4) is 0 Å². The number of carbonyl (C=O) groups excluding carboxylic acids is 2. The first kappa shape index (κ1) is 20.0. The molecule has 1 N–H and O–H groups in total. The number of piperidine rings is 2. The molecule has 0 aliphatic carbocycles. The van der Waals surface area contributed by atoms with E-state index in [0.29, 0.717) is 13.1 Å². The van der Waals surface area contributed by atoms with E-state index in [-0.39, 0.29) is 17.9 Å². The summed E-state index contributed by atoms with van der Waals surface area (Å²) in [5, 5.41) is 3.07. The van der Waals surface area contributed by atoms with Crippen LogP contribution in [-0.2, 0) is 9.53 Å². The van der Waals surface area contributed by atoms with Gasteiger partial charge in [-0.15, -0.1) is 0 Å². The molecule has 2 aliphatic heterocycles. The Kier molecular flexibility index (Phi) is 7.54. The molecule has 0 aromatic carbocycles. The second-order valence-corrected chi connectivity index (χ2v) is 8.29. The van der Waals surface area contributed by atoms with Crippen molar-refractivity contribution in [1.82, 2.24) is 15.1 Å². The first-order chi connectivity index (χ1) is 11.8. The van der Waals surface area contributed by atoms with E-state index in [9.17, 15) is 9.59 Å². The van der Waals surface area contributed by atoms with Gasteiger partial charge in [0.2, 0.25) is 5.91 Å². The third kappa shape index (κ3) is 7.22. The van der Waals surface area contributed by atoms with Crippen molar-refractivity contribution in [2.24, 2.45) is 5.92 Å². The summed E-state index contributed by atoms with van der Waals surface area (Å²) in [5.41, 5.74) is -0.473. The highest BCUT2D eigenvalue weighted by atomic mass is 16.6. The molecule has 2 amide bonds. The van der Waals surface area contributed by atoms with Gasteiger partial charge in [0.05, 0.1) is 0 Å². The Balaban J connectivity index is 1.59. The average molecular weight is 354 g/mol. The fourth-order valence-corrected chi connectivity index (χ4v) is 3.49. The fraction of sp³-hybridized carbons (Fsp3) is 0.895. The number of hydrogen-bond donors (Lipinski definition) is 1. The van der Waals surface area contributed by atoms with Crippen LogP contribution in [0.1, 0.15) is 59.3 Å². The summed E-state index contributed by atoms with van der Waals surface area (Å²) in [4.78, 5) is 28.6. The molecular weight excluding hydrogens is 318 g/mol. The maximum atomic E-state index is 12.3. The van der Waals surface area contributed by atoms with E-state index in [1.54, 1.807) is 4.90 Å². The monoisotopic (exact) mass is 353 g/mol. The van der Waals surface area contributed by atoms with Crippen LogP contribution in [-0.4, -0.2) is 66.7 Å². The first-order valence-electron chi connectivity index (χ1n) is 9.83. The molecule has 2 fully saturated rings. The maximum Gasteiger partial charge on any atom is 0.410 e. The molecule has 6 heteroatoms. The van der Waals surface area contributed by atoms with Crippen LogP contribution >= 0.6 is 0 Å². The quantitative estimate of drug-likeness (QED) is 0.772. The second-order valence-electron chi connectivity index (χ2n) is 8.29. The second kappa shape index (κ2) is 9.41. The zero-order chi connectivity index (χ0) is 18.3. The van der Waals surface area contributed by atoms with Crippen LogP contribution in [0.4, 0.5) is 4.79 Å². The highest BCUT2D eigenvalue weighted by Gasteiger charge is 2.29. The summed E-state index contributed by atoms with van der Waals surface area (Å²) in [6.45, 7) is 11.0. The number of carbonyl (C=O) groups is 2. The number of nitrogens with one attached hydrogen (secondary N) is 1. The Morgan fingerprint density at radius 3 is 2.28 bits per heavy atom. The molecule has 0 bridgehead atoms. The molecule has 2 aliphatic rings. The molecule has 2 rings (SSSR count). The Labute approximate surface area is 152 Å². The first-order valence-corrected chi connectivity index (χ1v) is 9.83. The smallest absolute Gasteiger partial charge is 0.410 e. The standard InChI is InChI=1S/C19H35N3O3/c1-19(2,3)25-18(24)22-14-8-16(9-15-22)17(23)20-10-7-13-21-11-5-4-6-12-21/h16H,4-15H2,1-3H3,(H,20,23). The van der Waals surface area contributed by atoms with Gasteiger partial charge in [-0.1, -0.05) is 6.42 Å². The Hall–Kier alpha value is -1.30. The molecule has 0 unspecified atom stereocenters. The highest BCUT2D eigenvalue weighted by molar-refractivity contribution is 5.79. The molecule has 144 valence electrons. The van der Waals surface area contributed by atoms with Crippen molar-refractivity contribution in [3.05, 3.63) is 0 Å². The van der Waals surface area contributed by atoms with E-state index < -0.39 is 5.60 Å². The van der Waals surface area contributed by atoms with Gasteiger partial charge in [0.15, 0.2) is 0 Å². The van der Waals surface area contributed by atoms with Gasteiger partial charge in [-0.2, -0.15) is 0 Å². The van der Waals surface area contributed by atoms with Gasteiger partial charge in [-0.05, 0) is 72.5 Å². The number of hydrogen-bond acceptors (Lipinski definition) is 4. The predicted molar refractivity (Wildman–Crippen MR) is 98.4 cm³/mol. The minimum atomic E-state index is -0.473. The SMILES string of the molecule is CC(C)(C)OC(=O)N1CCC(C(=O)NCCCN2CCCCC2)CC1. The topological polar surface area (TPSA) is 61.9 Å². The van der Waals surface area contributed by atoms with Crippen LogP contribution in [0.3, 0.4) is 0 Å². The molecule has 0 radical (unpaired) electrons. The molecule has 6 nitrogen and oxygen atoms in total. The lowest BCUT2D eigenvalue weighted by atomic mass is 9.96. The summed E-state index contributed by atoms with van der Waals surface area (Å²) in [6.07, 6.45) is 6.16. The number of amides is 2. The van der Waals surface area contributed by atoms with E-state index in [1.807, 2.05) is 20.8 Å². The van der Waals surface area contributed by atoms with Crippen molar-refractivity contribution in [1.29, 1.82) is 0 Å². The molecule has 0 aromatic heterocycles. The molecule has 2 saturated heterocycles. The molecule has 0 saturated carbocycles. The van der Waals surface area contributed by atoms with Gasteiger partial charge in [0.1, 0.15) is 5.60 Å². The van der Waals surface area contributed by atoms with Crippen LogP contribution in [0, 0.1) is 5.92 Å². The van der Waals surface area contributed by atoms with Crippen LogP contribution in [0.5, 0.6) is 0 Å². The fourth-order valence-electron chi connectivity index (χ4n) is 3.49. The van der Waals surface area contributed by atoms with E-state index in [1.165, 1.54) is 32.4 Å². The van der Waals surface area contributed by atoms with Crippen molar-refractivity contribution in [2.45, 2.75) is 64.9 Å². The normalized spacial score (nSPS) is 20.4. The van der Waals surface area contributed by atoms with Gasteiger partial charge >= 0.3 is 6.09 Å². The minimum Gasteiger partial charge on any atom is -0.444 e. The average Bonchev–Trinajstić information content (AvgIpc) is 2.58. The number of rotatable bonds is 5. The number of nitrogens with zero attached hydrogens (tertiary/aromatic N) is 2. The number of ether oxygens (including phenoxy) is 1. The van der Waals surface area contributed by atoms with Crippen molar-refractivity contribution < 1.29 is 14.3 Å². The lowest BCUT2D eigenvalue weighted by molar-refractivity contribution is -0.126. The van der Waals surface area contributed by atoms with Gasteiger partial charge in [0, 0.05) is 25.6 Å². The van der Waals surface area contributed by atoms with Crippen LogP contribution in [0.15, 0.2) is 0 Å². The molecular formula is C19H35N3O3. The summed E-state index contributed by atoms with van der Waals surface area (Å²) >= 11 is 0. The zero-order valence-electron chi connectivity index (χ0n) is 16.2. The van der Waals surface area contributed by atoms with Gasteiger partial charge < -0.3 is 19.9 Å². The van der Waals surface area contributed by atoms with E-state index in [0.717, 1.165) is 32.4 Å². The molecule has 25 heavy (non-hydrogen) atoms. The maximum absolute atomic E-state index is 12.3. The number of likely N-dealkylation sites (tertiary alicyclic amines) is 2.